The second-order valence-electron chi connectivity index (χ2n) is 5.16. The molecule has 0 spiro atoms. The van der Waals surface area contributed by atoms with Crippen LogP contribution in [-0.4, -0.2) is 45.3 Å². The molecule has 4 nitrogen and oxygen atoms in total. The zero-order chi connectivity index (χ0) is 15.7. The van der Waals surface area contributed by atoms with Crippen LogP contribution in [0.1, 0.15) is 38.8 Å². The van der Waals surface area contributed by atoms with Crippen LogP contribution in [0.25, 0.3) is 0 Å². The predicted octanol–water partition coefficient (Wildman–Crippen LogP) is 3.09. The number of ether oxygens (including phenoxy) is 2. The monoisotopic (exact) mass is 294 g/mol. The SMILES string of the molecule is CCN(CC)CCCNC(C)c1cc(OC)ccc1OC. The maximum atomic E-state index is 5.44. The van der Waals surface area contributed by atoms with Crippen LogP contribution in [0.2, 0.25) is 0 Å². The molecule has 0 aromatic heterocycles. The molecule has 0 heterocycles. The predicted molar refractivity (Wildman–Crippen MR) is 88.4 cm³/mol. The normalized spacial score (nSPS) is 12.5. The summed E-state index contributed by atoms with van der Waals surface area (Å²) >= 11 is 0. The molecule has 120 valence electrons. The van der Waals surface area contributed by atoms with E-state index in [0.717, 1.165) is 49.7 Å². The molecule has 1 N–H and O–H groups in total. The molecule has 0 saturated heterocycles. The largest absolute Gasteiger partial charge is 0.497 e. The van der Waals surface area contributed by atoms with Crippen molar-refractivity contribution in [2.24, 2.45) is 0 Å². The Morgan fingerprint density at radius 3 is 2.43 bits per heavy atom. The van der Waals surface area contributed by atoms with Crippen LogP contribution >= 0.6 is 0 Å². The molecular weight excluding hydrogens is 264 g/mol. The van der Waals surface area contributed by atoms with Crippen LogP contribution in [0.4, 0.5) is 0 Å². The van der Waals surface area contributed by atoms with Crippen LogP contribution in [0.15, 0.2) is 18.2 Å². The Hall–Kier alpha value is -1.26. The van der Waals surface area contributed by atoms with Gasteiger partial charge in [-0.25, -0.2) is 0 Å². The van der Waals surface area contributed by atoms with Crippen molar-refractivity contribution in [2.45, 2.75) is 33.2 Å². The van der Waals surface area contributed by atoms with Crippen LogP contribution in [0.3, 0.4) is 0 Å². The standard InChI is InChI=1S/C17H30N2O2/c1-6-19(7-2)12-8-11-18-14(3)16-13-15(20-4)9-10-17(16)21-5/h9-10,13-14,18H,6-8,11-12H2,1-5H3. The molecule has 0 fully saturated rings. The van der Waals surface area contributed by atoms with Gasteiger partial charge < -0.3 is 19.7 Å². The minimum Gasteiger partial charge on any atom is -0.497 e. The summed E-state index contributed by atoms with van der Waals surface area (Å²) in [5, 5.41) is 3.57. The number of nitrogens with one attached hydrogen (secondary N) is 1. The number of nitrogens with zero attached hydrogens (tertiary/aromatic N) is 1. The van der Waals surface area contributed by atoms with Crippen LogP contribution < -0.4 is 14.8 Å². The van der Waals surface area contributed by atoms with Crippen LogP contribution in [-0.2, 0) is 0 Å². The van der Waals surface area contributed by atoms with Crippen molar-refractivity contribution in [3.63, 3.8) is 0 Å². The van der Waals surface area contributed by atoms with E-state index in [2.05, 4.69) is 31.0 Å². The lowest BCUT2D eigenvalue weighted by Crippen LogP contribution is -2.28. The highest BCUT2D eigenvalue weighted by molar-refractivity contribution is 5.42. The number of hydrogen-bond acceptors (Lipinski definition) is 4. The third-order valence-electron chi connectivity index (χ3n) is 3.90. The number of rotatable bonds is 10. The second kappa shape index (κ2) is 9.64. The zero-order valence-corrected chi connectivity index (χ0v) is 14.1. The van der Waals surface area contributed by atoms with Gasteiger partial charge in [0.05, 0.1) is 14.2 Å². The Morgan fingerprint density at radius 1 is 1.14 bits per heavy atom. The average molecular weight is 294 g/mol. The quantitative estimate of drug-likeness (QED) is 0.672. The first-order chi connectivity index (χ1) is 10.2. The summed E-state index contributed by atoms with van der Waals surface area (Å²) in [6.45, 7) is 11.0. The van der Waals surface area contributed by atoms with Gasteiger partial charge in [-0.05, 0) is 57.7 Å². The van der Waals surface area contributed by atoms with E-state index in [1.807, 2.05) is 18.2 Å². The lowest BCUT2D eigenvalue weighted by Gasteiger charge is -2.20. The van der Waals surface area contributed by atoms with Crippen molar-refractivity contribution in [1.29, 1.82) is 0 Å². The van der Waals surface area contributed by atoms with Gasteiger partial charge in [0.1, 0.15) is 11.5 Å². The first-order valence-electron chi connectivity index (χ1n) is 7.83. The summed E-state index contributed by atoms with van der Waals surface area (Å²) in [5.41, 5.74) is 1.14. The minimum atomic E-state index is 0.242. The van der Waals surface area contributed by atoms with E-state index in [1.165, 1.54) is 0 Å². The third-order valence-corrected chi connectivity index (χ3v) is 3.90. The lowest BCUT2D eigenvalue weighted by molar-refractivity contribution is 0.296. The van der Waals surface area contributed by atoms with Gasteiger partial charge in [-0.2, -0.15) is 0 Å². The molecule has 1 aromatic carbocycles. The molecule has 0 aliphatic rings. The van der Waals surface area contributed by atoms with Crippen molar-refractivity contribution in [3.8, 4) is 11.5 Å². The highest BCUT2D eigenvalue weighted by atomic mass is 16.5. The zero-order valence-electron chi connectivity index (χ0n) is 14.1. The number of hydrogen-bond donors (Lipinski definition) is 1. The maximum Gasteiger partial charge on any atom is 0.123 e. The Labute approximate surface area is 129 Å². The minimum absolute atomic E-state index is 0.242. The fourth-order valence-electron chi connectivity index (χ4n) is 2.45. The molecule has 4 heteroatoms. The van der Waals surface area contributed by atoms with Crippen molar-refractivity contribution >= 4 is 0 Å². The Balaban J connectivity index is 2.53. The van der Waals surface area contributed by atoms with Crippen LogP contribution in [0.5, 0.6) is 11.5 Å². The van der Waals surface area contributed by atoms with E-state index < -0.39 is 0 Å². The second-order valence-corrected chi connectivity index (χ2v) is 5.16. The maximum absolute atomic E-state index is 5.44. The number of benzene rings is 1. The smallest absolute Gasteiger partial charge is 0.123 e. The molecule has 0 amide bonds. The highest BCUT2D eigenvalue weighted by Crippen LogP contribution is 2.29. The molecule has 0 bridgehead atoms. The summed E-state index contributed by atoms with van der Waals surface area (Å²) in [6, 6.07) is 6.17. The van der Waals surface area contributed by atoms with E-state index in [-0.39, 0.29) is 6.04 Å². The van der Waals surface area contributed by atoms with Crippen LogP contribution in [0, 0.1) is 0 Å². The highest BCUT2D eigenvalue weighted by Gasteiger charge is 2.12. The van der Waals surface area contributed by atoms with Gasteiger partial charge in [-0.3, -0.25) is 0 Å². The fraction of sp³-hybridized carbons (Fsp3) is 0.647. The van der Waals surface area contributed by atoms with Crippen molar-refractivity contribution in [3.05, 3.63) is 23.8 Å². The van der Waals surface area contributed by atoms with Crippen molar-refractivity contribution < 1.29 is 9.47 Å². The van der Waals surface area contributed by atoms with Gasteiger partial charge in [0.25, 0.3) is 0 Å². The average Bonchev–Trinajstić information content (AvgIpc) is 2.54. The summed E-state index contributed by atoms with van der Waals surface area (Å²) < 4.78 is 10.7. The van der Waals surface area contributed by atoms with Crippen molar-refractivity contribution in [1.82, 2.24) is 10.2 Å². The van der Waals surface area contributed by atoms with E-state index in [4.69, 9.17) is 9.47 Å². The molecule has 0 aliphatic carbocycles. The molecular formula is C17H30N2O2. The lowest BCUT2D eigenvalue weighted by atomic mass is 10.1. The van der Waals surface area contributed by atoms with Gasteiger partial charge in [0.15, 0.2) is 0 Å². The van der Waals surface area contributed by atoms with Gasteiger partial charge in [-0.1, -0.05) is 13.8 Å². The Morgan fingerprint density at radius 2 is 1.86 bits per heavy atom. The van der Waals surface area contributed by atoms with Gasteiger partial charge in [-0.15, -0.1) is 0 Å². The molecule has 1 aromatic rings. The molecule has 1 unspecified atom stereocenters. The summed E-state index contributed by atoms with van der Waals surface area (Å²) in [5.74, 6) is 1.77. The topological polar surface area (TPSA) is 33.7 Å². The molecule has 21 heavy (non-hydrogen) atoms. The molecule has 0 aliphatic heterocycles. The Kier molecular flexibility index (Phi) is 8.16. The molecule has 0 saturated carbocycles. The van der Waals surface area contributed by atoms with Gasteiger partial charge in [0, 0.05) is 11.6 Å². The first-order valence-corrected chi connectivity index (χ1v) is 7.83. The Bertz CT molecular complexity index is 406. The van der Waals surface area contributed by atoms with Gasteiger partial charge >= 0.3 is 0 Å². The first kappa shape index (κ1) is 17.8. The molecule has 1 rings (SSSR count). The summed E-state index contributed by atoms with van der Waals surface area (Å²) in [4.78, 5) is 2.44. The molecule has 0 radical (unpaired) electrons. The summed E-state index contributed by atoms with van der Waals surface area (Å²) in [7, 11) is 3.40. The van der Waals surface area contributed by atoms with Crippen molar-refractivity contribution in [2.75, 3.05) is 40.4 Å². The number of methoxy groups -OCH3 is 2. The van der Waals surface area contributed by atoms with E-state index >= 15 is 0 Å². The van der Waals surface area contributed by atoms with Gasteiger partial charge in [0.2, 0.25) is 0 Å². The van der Waals surface area contributed by atoms with E-state index in [1.54, 1.807) is 14.2 Å². The fourth-order valence-corrected chi connectivity index (χ4v) is 2.45. The molecule has 1 atom stereocenters. The third kappa shape index (κ3) is 5.56. The van der Waals surface area contributed by atoms with E-state index in [0.29, 0.717) is 0 Å². The summed E-state index contributed by atoms with van der Waals surface area (Å²) in [6.07, 6.45) is 1.15. The van der Waals surface area contributed by atoms with E-state index in [9.17, 15) is 0 Å².